The van der Waals surface area contributed by atoms with Crippen LogP contribution in [0.3, 0.4) is 0 Å². The van der Waals surface area contributed by atoms with E-state index in [-0.39, 0.29) is 0 Å². The van der Waals surface area contributed by atoms with Crippen molar-refractivity contribution in [2.24, 2.45) is 0 Å². The fourth-order valence-electron chi connectivity index (χ4n) is 0.989. The van der Waals surface area contributed by atoms with Crippen LogP contribution >= 0.6 is 0 Å². The second-order valence-electron chi connectivity index (χ2n) is 3.06. The molecule has 6 heteroatoms. The monoisotopic (exact) mass is 232 g/mol. The van der Waals surface area contributed by atoms with Gasteiger partial charge in [-0.2, -0.15) is 0 Å². The Morgan fingerprint density at radius 2 is 1.88 bits per heavy atom. The average molecular weight is 232 g/mol. The van der Waals surface area contributed by atoms with Crippen molar-refractivity contribution in [2.45, 2.75) is 12.5 Å². The van der Waals surface area contributed by atoms with Crippen molar-refractivity contribution in [1.82, 2.24) is 10.9 Å². The standard InChI is InChI=1S/C10H11F3N2O/c11-6-8(9(12)13)14-15-10(16)7-4-2-1-3-5-7/h1-5,8-9,14H,6H2,(H,15,16). The molecule has 16 heavy (non-hydrogen) atoms. The number of amides is 1. The summed E-state index contributed by atoms with van der Waals surface area (Å²) in [4.78, 5) is 11.3. The summed E-state index contributed by atoms with van der Waals surface area (Å²) in [6, 6.07) is 6.33. The Morgan fingerprint density at radius 1 is 1.25 bits per heavy atom. The molecule has 0 saturated carbocycles. The minimum absolute atomic E-state index is 0.307. The van der Waals surface area contributed by atoms with Crippen molar-refractivity contribution in [3.8, 4) is 0 Å². The molecule has 1 atom stereocenters. The smallest absolute Gasteiger partial charge is 0.265 e. The van der Waals surface area contributed by atoms with Crippen LogP contribution in [-0.2, 0) is 0 Å². The molecule has 1 aromatic carbocycles. The molecule has 1 amide bonds. The van der Waals surface area contributed by atoms with Crippen LogP contribution in [-0.4, -0.2) is 25.0 Å². The predicted molar refractivity (Wildman–Crippen MR) is 52.8 cm³/mol. The van der Waals surface area contributed by atoms with Crippen LogP contribution in [0.1, 0.15) is 10.4 Å². The van der Waals surface area contributed by atoms with E-state index in [4.69, 9.17) is 0 Å². The van der Waals surface area contributed by atoms with Gasteiger partial charge in [-0.1, -0.05) is 18.2 Å². The van der Waals surface area contributed by atoms with Crippen molar-refractivity contribution in [1.29, 1.82) is 0 Å². The zero-order chi connectivity index (χ0) is 12.0. The molecular weight excluding hydrogens is 221 g/mol. The molecule has 0 fully saturated rings. The number of carbonyl (C=O) groups is 1. The van der Waals surface area contributed by atoms with Gasteiger partial charge in [0.1, 0.15) is 12.7 Å². The van der Waals surface area contributed by atoms with E-state index in [1.807, 2.05) is 10.9 Å². The number of benzene rings is 1. The third-order valence-corrected chi connectivity index (χ3v) is 1.88. The van der Waals surface area contributed by atoms with Gasteiger partial charge in [0.25, 0.3) is 12.3 Å². The first-order valence-corrected chi connectivity index (χ1v) is 4.60. The van der Waals surface area contributed by atoms with Gasteiger partial charge >= 0.3 is 0 Å². The number of nitrogens with one attached hydrogen (secondary N) is 2. The quantitative estimate of drug-likeness (QED) is 0.756. The van der Waals surface area contributed by atoms with Crippen molar-refractivity contribution in [2.75, 3.05) is 6.67 Å². The summed E-state index contributed by atoms with van der Waals surface area (Å²) in [6.07, 6.45) is -2.87. The van der Waals surface area contributed by atoms with E-state index in [9.17, 15) is 18.0 Å². The van der Waals surface area contributed by atoms with Crippen molar-refractivity contribution in [3.63, 3.8) is 0 Å². The number of hydrogen-bond donors (Lipinski definition) is 2. The molecule has 2 N–H and O–H groups in total. The van der Waals surface area contributed by atoms with Crippen LogP contribution in [0.15, 0.2) is 30.3 Å². The van der Waals surface area contributed by atoms with E-state index in [1.54, 1.807) is 18.2 Å². The highest BCUT2D eigenvalue weighted by atomic mass is 19.3. The first-order chi connectivity index (χ1) is 7.65. The highest BCUT2D eigenvalue weighted by Crippen LogP contribution is 2.01. The van der Waals surface area contributed by atoms with Crippen LogP contribution < -0.4 is 10.9 Å². The van der Waals surface area contributed by atoms with E-state index in [0.29, 0.717) is 5.56 Å². The molecule has 1 unspecified atom stereocenters. The van der Waals surface area contributed by atoms with E-state index in [2.05, 4.69) is 0 Å². The number of hydrazine groups is 1. The molecule has 0 heterocycles. The van der Waals surface area contributed by atoms with Crippen molar-refractivity contribution < 1.29 is 18.0 Å². The number of halogens is 3. The maximum atomic E-state index is 12.1. The molecule has 0 saturated heterocycles. The van der Waals surface area contributed by atoms with Crippen LogP contribution in [0.25, 0.3) is 0 Å². The third-order valence-electron chi connectivity index (χ3n) is 1.88. The lowest BCUT2D eigenvalue weighted by Gasteiger charge is -2.14. The zero-order valence-corrected chi connectivity index (χ0v) is 8.29. The fraction of sp³-hybridized carbons (Fsp3) is 0.300. The van der Waals surface area contributed by atoms with Gasteiger partial charge in [0.15, 0.2) is 0 Å². The first-order valence-electron chi connectivity index (χ1n) is 4.60. The SMILES string of the molecule is O=C(NNC(CF)C(F)F)c1ccccc1. The highest BCUT2D eigenvalue weighted by molar-refractivity contribution is 5.93. The van der Waals surface area contributed by atoms with E-state index < -0.39 is 25.0 Å². The van der Waals surface area contributed by atoms with Gasteiger partial charge in [0.2, 0.25) is 0 Å². The van der Waals surface area contributed by atoms with Gasteiger partial charge in [-0.15, -0.1) is 0 Å². The Bertz CT molecular complexity index is 332. The molecule has 3 nitrogen and oxygen atoms in total. The van der Waals surface area contributed by atoms with E-state index in [0.717, 1.165) is 0 Å². The van der Waals surface area contributed by atoms with Crippen LogP contribution in [0.4, 0.5) is 13.2 Å². The number of hydrogen-bond acceptors (Lipinski definition) is 2. The summed E-state index contributed by atoms with van der Waals surface area (Å²) >= 11 is 0. The van der Waals surface area contributed by atoms with Crippen LogP contribution in [0, 0.1) is 0 Å². The molecule has 1 rings (SSSR count). The number of alkyl halides is 3. The van der Waals surface area contributed by atoms with Crippen LogP contribution in [0.2, 0.25) is 0 Å². The maximum Gasteiger partial charge on any atom is 0.265 e. The largest absolute Gasteiger partial charge is 0.287 e. The lowest BCUT2D eigenvalue weighted by Crippen LogP contribution is -2.48. The molecule has 0 aliphatic rings. The summed E-state index contributed by atoms with van der Waals surface area (Å²) in [7, 11) is 0. The molecule has 0 bridgehead atoms. The average Bonchev–Trinajstić information content (AvgIpc) is 2.30. The summed E-state index contributed by atoms with van der Waals surface area (Å²) in [6.45, 7) is -1.26. The lowest BCUT2D eigenvalue weighted by atomic mass is 10.2. The molecule has 0 aliphatic carbocycles. The third kappa shape index (κ3) is 3.54. The second kappa shape index (κ2) is 6.12. The molecule has 1 aromatic rings. The van der Waals surface area contributed by atoms with Crippen molar-refractivity contribution >= 4 is 5.91 Å². The lowest BCUT2D eigenvalue weighted by molar-refractivity contribution is 0.0697. The molecule has 0 aromatic heterocycles. The number of rotatable bonds is 5. The highest BCUT2D eigenvalue weighted by Gasteiger charge is 2.20. The Kier molecular flexibility index (Phi) is 4.78. The molecular formula is C10H11F3N2O. The summed E-state index contributed by atoms with van der Waals surface area (Å²) < 4.78 is 36.3. The number of carbonyl (C=O) groups excluding carboxylic acids is 1. The Hall–Kier alpha value is -1.56. The fourth-order valence-corrected chi connectivity index (χ4v) is 0.989. The Balaban J connectivity index is 2.47. The van der Waals surface area contributed by atoms with Gasteiger partial charge in [-0.05, 0) is 12.1 Å². The summed E-state index contributed by atoms with van der Waals surface area (Å²) in [5.74, 6) is -0.584. The van der Waals surface area contributed by atoms with Gasteiger partial charge in [0.05, 0.1) is 0 Å². The van der Waals surface area contributed by atoms with E-state index in [1.165, 1.54) is 12.1 Å². The minimum atomic E-state index is -2.87. The normalized spacial score (nSPS) is 12.5. The van der Waals surface area contributed by atoms with Gasteiger partial charge in [-0.25, -0.2) is 18.6 Å². The second-order valence-corrected chi connectivity index (χ2v) is 3.06. The minimum Gasteiger partial charge on any atom is -0.287 e. The summed E-state index contributed by atoms with van der Waals surface area (Å²) in [5, 5.41) is 0. The Labute approximate surface area is 90.6 Å². The van der Waals surface area contributed by atoms with Crippen molar-refractivity contribution in [3.05, 3.63) is 35.9 Å². The van der Waals surface area contributed by atoms with Gasteiger partial charge in [0, 0.05) is 5.56 Å². The molecule has 0 aliphatic heterocycles. The topological polar surface area (TPSA) is 41.1 Å². The van der Waals surface area contributed by atoms with Gasteiger partial charge in [-0.3, -0.25) is 10.2 Å². The predicted octanol–water partition coefficient (Wildman–Crippen LogP) is 1.52. The van der Waals surface area contributed by atoms with Gasteiger partial charge < -0.3 is 0 Å². The molecule has 88 valence electrons. The summed E-state index contributed by atoms with van der Waals surface area (Å²) in [5.41, 5.74) is 4.27. The molecule has 0 spiro atoms. The molecule has 0 radical (unpaired) electrons. The first kappa shape index (κ1) is 12.5. The maximum absolute atomic E-state index is 12.1. The zero-order valence-electron chi connectivity index (χ0n) is 8.29. The Morgan fingerprint density at radius 3 is 2.38 bits per heavy atom. The van der Waals surface area contributed by atoms with Crippen LogP contribution in [0.5, 0.6) is 0 Å². The van der Waals surface area contributed by atoms with E-state index >= 15 is 0 Å².